The quantitative estimate of drug-likeness (QED) is 0.272. The Balaban J connectivity index is 1.41. The molecule has 0 spiro atoms. The van der Waals surface area contributed by atoms with E-state index in [-0.39, 0.29) is 30.3 Å². The third kappa shape index (κ3) is 7.41. The van der Waals surface area contributed by atoms with Crippen molar-refractivity contribution >= 4 is 34.8 Å². The van der Waals surface area contributed by atoms with Crippen molar-refractivity contribution in [1.29, 1.82) is 0 Å². The normalized spacial score (nSPS) is 18.2. The molecule has 0 aliphatic carbocycles. The summed E-state index contributed by atoms with van der Waals surface area (Å²) in [5.74, 6) is 0.190. The fourth-order valence-electron chi connectivity index (χ4n) is 5.82. The minimum Gasteiger partial charge on any atom is -0.493 e. The smallest absolute Gasteiger partial charge is 0.338 e. The number of fused-ring (bicyclic) bond motifs is 1. The maximum Gasteiger partial charge on any atom is 0.338 e. The number of nitrogens with zero attached hydrogens (tertiary/aromatic N) is 3. The van der Waals surface area contributed by atoms with E-state index in [1.54, 1.807) is 25.9 Å². The van der Waals surface area contributed by atoms with Crippen molar-refractivity contribution in [2.75, 3.05) is 26.8 Å². The van der Waals surface area contributed by atoms with Crippen molar-refractivity contribution in [2.24, 2.45) is 10.9 Å². The van der Waals surface area contributed by atoms with Crippen LogP contribution in [-0.4, -0.2) is 65.7 Å². The number of carbonyl (C=O) groups excluding carboxylic acids is 3. The number of amides is 1. The Morgan fingerprint density at radius 1 is 1.04 bits per heavy atom. The summed E-state index contributed by atoms with van der Waals surface area (Å²) in [7, 11) is 1.58. The lowest BCUT2D eigenvalue weighted by molar-refractivity contribution is -0.151. The Morgan fingerprint density at radius 3 is 2.46 bits per heavy atom. The number of aliphatic imine (C=N–C) groups is 1. The van der Waals surface area contributed by atoms with Gasteiger partial charge in [-0.05, 0) is 69.2 Å². The van der Waals surface area contributed by atoms with E-state index in [1.807, 2.05) is 72.7 Å². The maximum absolute atomic E-state index is 13.6. The van der Waals surface area contributed by atoms with Crippen LogP contribution in [0.25, 0.3) is 0 Å². The van der Waals surface area contributed by atoms with E-state index in [2.05, 4.69) is 0 Å². The lowest BCUT2D eigenvalue weighted by atomic mass is 9.93. The molecule has 2 aromatic carbocycles. The van der Waals surface area contributed by atoms with Crippen molar-refractivity contribution in [3.63, 3.8) is 0 Å². The largest absolute Gasteiger partial charge is 0.493 e. The van der Waals surface area contributed by atoms with Crippen molar-refractivity contribution in [3.05, 3.63) is 82.0 Å². The Hall–Kier alpha value is -4.25. The van der Waals surface area contributed by atoms with Gasteiger partial charge in [-0.3, -0.25) is 9.59 Å². The van der Waals surface area contributed by atoms with Crippen LogP contribution in [0.15, 0.2) is 75.9 Å². The molecule has 3 heterocycles. The van der Waals surface area contributed by atoms with E-state index in [1.165, 1.54) is 11.8 Å². The highest BCUT2D eigenvalue weighted by Crippen LogP contribution is 2.46. The second-order valence-corrected chi connectivity index (χ2v) is 12.5. The number of benzene rings is 2. The van der Waals surface area contributed by atoms with Crippen LogP contribution in [0.3, 0.4) is 0 Å². The van der Waals surface area contributed by atoms with E-state index in [0.717, 1.165) is 16.8 Å². The molecule has 0 bridgehead atoms. The van der Waals surface area contributed by atoms with Crippen LogP contribution < -0.4 is 9.47 Å². The highest BCUT2D eigenvalue weighted by atomic mass is 32.2. The van der Waals surface area contributed by atoms with Crippen LogP contribution in [-0.2, 0) is 30.5 Å². The first-order valence-electron chi connectivity index (χ1n) is 15.6. The molecule has 1 fully saturated rings. The van der Waals surface area contributed by atoms with E-state index in [4.69, 9.17) is 23.9 Å². The van der Waals surface area contributed by atoms with E-state index in [9.17, 15) is 14.4 Å². The molecule has 3 aliphatic heterocycles. The molecule has 0 aromatic heterocycles. The molecular formula is C35H41N3O7S. The second kappa shape index (κ2) is 14.9. The van der Waals surface area contributed by atoms with Crippen molar-refractivity contribution in [2.45, 2.75) is 65.7 Å². The average molecular weight is 648 g/mol. The van der Waals surface area contributed by atoms with Crippen molar-refractivity contribution in [3.8, 4) is 11.5 Å². The van der Waals surface area contributed by atoms with E-state index >= 15 is 0 Å². The van der Waals surface area contributed by atoms with Gasteiger partial charge in [0.25, 0.3) is 0 Å². The van der Waals surface area contributed by atoms with Gasteiger partial charge in [-0.2, -0.15) is 0 Å². The molecule has 0 unspecified atom stereocenters. The molecule has 2 aromatic rings. The third-order valence-electron chi connectivity index (χ3n) is 8.10. The zero-order valence-corrected chi connectivity index (χ0v) is 27.8. The van der Waals surface area contributed by atoms with E-state index in [0.29, 0.717) is 67.1 Å². The van der Waals surface area contributed by atoms with Gasteiger partial charge in [0.2, 0.25) is 5.91 Å². The molecule has 11 heteroatoms. The molecule has 1 saturated heterocycles. The SMILES string of the molecule is CCOC(=O)C1CCN(C(=O)CC2=CSC3=NC(C)=C(C(=O)OC(C)C)[C@H](c4ccc(OCc5ccccc5)c(OC)c4)N23)CC1. The Labute approximate surface area is 274 Å². The minimum absolute atomic E-state index is 0.0472. The van der Waals surface area contributed by atoms with Gasteiger partial charge in [0, 0.05) is 18.8 Å². The fourth-order valence-corrected chi connectivity index (χ4v) is 6.79. The number of carbonyl (C=O) groups is 3. The summed E-state index contributed by atoms with van der Waals surface area (Å²) in [6.07, 6.45) is 0.934. The van der Waals surface area contributed by atoms with Gasteiger partial charge in [0.1, 0.15) is 6.61 Å². The molecule has 0 N–H and O–H groups in total. The fraction of sp³-hybridized carbons (Fsp3) is 0.429. The summed E-state index contributed by atoms with van der Waals surface area (Å²) in [6.45, 7) is 8.91. The van der Waals surface area contributed by atoms with Crippen LogP contribution >= 0.6 is 11.8 Å². The molecule has 1 amide bonds. The summed E-state index contributed by atoms with van der Waals surface area (Å²) in [5, 5.41) is 2.60. The Kier molecular flexibility index (Phi) is 10.7. The summed E-state index contributed by atoms with van der Waals surface area (Å²) >= 11 is 1.42. The number of ether oxygens (including phenoxy) is 4. The van der Waals surface area contributed by atoms with Gasteiger partial charge in [0.05, 0.1) is 49.5 Å². The van der Waals surface area contributed by atoms with Crippen LogP contribution in [0.5, 0.6) is 11.5 Å². The molecular weight excluding hydrogens is 606 g/mol. The van der Waals surface area contributed by atoms with Gasteiger partial charge in [-0.25, -0.2) is 9.79 Å². The number of piperidine rings is 1. The molecule has 3 aliphatic rings. The number of allylic oxidation sites excluding steroid dienone is 1. The van der Waals surface area contributed by atoms with E-state index < -0.39 is 12.0 Å². The number of esters is 2. The van der Waals surface area contributed by atoms with Gasteiger partial charge in [-0.1, -0.05) is 48.2 Å². The van der Waals surface area contributed by atoms with Crippen LogP contribution in [0, 0.1) is 5.92 Å². The zero-order chi connectivity index (χ0) is 32.8. The van der Waals surface area contributed by atoms with Crippen molar-refractivity contribution in [1.82, 2.24) is 9.80 Å². The first-order chi connectivity index (χ1) is 22.2. The Bertz CT molecular complexity index is 1540. The van der Waals surface area contributed by atoms with Crippen LogP contribution in [0.1, 0.15) is 64.1 Å². The first-order valence-corrected chi connectivity index (χ1v) is 16.5. The van der Waals surface area contributed by atoms with Gasteiger partial charge >= 0.3 is 11.9 Å². The highest BCUT2D eigenvalue weighted by Gasteiger charge is 2.42. The summed E-state index contributed by atoms with van der Waals surface area (Å²) in [5.41, 5.74) is 3.48. The molecule has 0 saturated carbocycles. The van der Waals surface area contributed by atoms with Gasteiger partial charge in [0.15, 0.2) is 16.7 Å². The first kappa shape index (κ1) is 33.1. The summed E-state index contributed by atoms with van der Waals surface area (Å²) in [4.78, 5) is 47.9. The monoisotopic (exact) mass is 647 g/mol. The number of thioether (sulfide) groups is 1. The standard InChI is InChI=1S/C35H41N3O7S/c1-6-43-33(40)25-14-16-37(17-15-25)30(39)19-27-21-46-35-36-23(4)31(34(41)45-22(2)3)32(38(27)35)26-12-13-28(29(18-26)42-5)44-20-24-10-8-7-9-11-24/h7-13,18,21-22,25,32H,6,14-17,19-20H2,1-5H3/t32-/m0/s1. The van der Waals surface area contributed by atoms with Crippen LogP contribution in [0.2, 0.25) is 0 Å². The molecule has 0 radical (unpaired) electrons. The molecule has 1 atom stereocenters. The number of rotatable bonds is 11. The molecule has 46 heavy (non-hydrogen) atoms. The Morgan fingerprint density at radius 2 is 1.78 bits per heavy atom. The third-order valence-corrected chi connectivity index (χ3v) is 8.99. The number of likely N-dealkylation sites (tertiary alicyclic amines) is 1. The second-order valence-electron chi connectivity index (χ2n) is 11.6. The van der Waals surface area contributed by atoms with Gasteiger partial charge in [-0.15, -0.1) is 0 Å². The number of methoxy groups -OCH3 is 1. The minimum atomic E-state index is -0.612. The van der Waals surface area contributed by atoms with Crippen LogP contribution in [0.4, 0.5) is 0 Å². The predicted octanol–water partition coefficient (Wildman–Crippen LogP) is 5.99. The lowest BCUT2D eigenvalue weighted by Crippen LogP contribution is -2.42. The van der Waals surface area contributed by atoms with Gasteiger partial charge < -0.3 is 28.7 Å². The molecule has 244 valence electrons. The summed E-state index contributed by atoms with van der Waals surface area (Å²) in [6, 6.07) is 14.9. The number of hydrogen-bond acceptors (Lipinski definition) is 10. The zero-order valence-electron chi connectivity index (χ0n) is 27.0. The molecule has 5 rings (SSSR count). The number of amidine groups is 1. The molecule has 10 nitrogen and oxygen atoms in total. The number of hydrogen-bond donors (Lipinski definition) is 0. The highest BCUT2D eigenvalue weighted by molar-refractivity contribution is 8.16. The van der Waals surface area contributed by atoms with Crippen molar-refractivity contribution < 1.29 is 33.3 Å². The maximum atomic E-state index is 13.6. The predicted molar refractivity (Wildman–Crippen MR) is 176 cm³/mol. The average Bonchev–Trinajstić information content (AvgIpc) is 3.44. The topological polar surface area (TPSA) is 107 Å². The lowest BCUT2D eigenvalue weighted by Gasteiger charge is -2.37. The summed E-state index contributed by atoms with van der Waals surface area (Å²) < 4.78 is 22.7.